The maximum Gasteiger partial charge on any atom is 0.417 e. The Bertz CT molecular complexity index is 676. The van der Waals surface area contributed by atoms with Gasteiger partial charge in [0.1, 0.15) is 5.60 Å². The van der Waals surface area contributed by atoms with Crippen LogP contribution in [0.25, 0.3) is 11.1 Å². The van der Waals surface area contributed by atoms with Crippen molar-refractivity contribution in [2.45, 2.75) is 33.3 Å². The van der Waals surface area contributed by atoms with Crippen molar-refractivity contribution >= 4 is 22.9 Å². The van der Waals surface area contributed by atoms with Crippen molar-refractivity contribution in [3.63, 3.8) is 0 Å². The van der Waals surface area contributed by atoms with Gasteiger partial charge in [0.05, 0.1) is 5.52 Å². The number of oxazole rings is 1. The van der Waals surface area contributed by atoms with E-state index in [-0.39, 0.29) is 0 Å². The Labute approximate surface area is 109 Å². The Kier molecular flexibility index (Phi) is 3.09. The van der Waals surface area contributed by atoms with E-state index in [0.29, 0.717) is 16.8 Å². The minimum atomic E-state index is -0.566. The van der Waals surface area contributed by atoms with Gasteiger partial charge in [-0.15, -0.1) is 0 Å². The first-order valence-electron chi connectivity index (χ1n) is 5.88. The highest BCUT2D eigenvalue weighted by Gasteiger charge is 2.17. The Hall–Kier alpha value is -2.24. The van der Waals surface area contributed by atoms with Gasteiger partial charge in [0.15, 0.2) is 5.58 Å². The van der Waals surface area contributed by atoms with Crippen molar-refractivity contribution in [1.82, 2.24) is 4.98 Å². The molecule has 0 aliphatic heterocycles. The molecule has 1 heterocycles. The standard InChI is InChI=1S/C13H16N2O4/c1-7-5-8(14-12(17)19-13(2,3)4)6-9-10(7)15-11(16)18-9/h5-6H,1-4H3,(H,14,17)(H,15,16). The van der Waals surface area contributed by atoms with Gasteiger partial charge in [0, 0.05) is 11.8 Å². The zero-order chi connectivity index (χ0) is 14.2. The van der Waals surface area contributed by atoms with E-state index in [2.05, 4.69) is 10.3 Å². The maximum absolute atomic E-state index is 11.6. The SMILES string of the molecule is Cc1cc(NC(=O)OC(C)(C)C)cc2oc(=O)[nH]c12. The fraction of sp³-hybridized carbons (Fsp3) is 0.385. The summed E-state index contributed by atoms with van der Waals surface area (Å²) in [5.41, 5.74) is 1.77. The van der Waals surface area contributed by atoms with Gasteiger partial charge in [-0.2, -0.15) is 0 Å². The third-order valence-corrected chi connectivity index (χ3v) is 2.37. The molecule has 6 heteroatoms. The van der Waals surface area contributed by atoms with Gasteiger partial charge in [-0.05, 0) is 39.3 Å². The normalized spacial score (nSPS) is 11.6. The van der Waals surface area contributed by atoms with Crippen molar-refractivity contribution in [3.8, 4) is 0 Å². The van der Waals surface area contributed by atoms with Gasteiger partial charge < -0.3 is 9.15 Å². The smallest absolute Gasteiger partial charge is 0.417 e. The molecule has 0 atom stereocenters. The second-order valence-electron chi connectivity index (χ2n) is 5.31. The lowest BCUT2D eigenvalue weighted by Gasteiger charge is -2.19. The lowest BCUT2D eigenvalue weighted by atomic mass is 10.2. The molecule has 0 saturated heterocycles. The number of benzene rings is 1. The highest BCUT2D eigenvalue weighted by Crippen LogP contribution is 2.21. The maximum atomic E-state index is 11.6. The Morgan fingerprint density at radius 1 is 1.37 bits per heavy atom. The van der Waals surface area contributed by atoms with E-state index in [1.54, 1.807) is 32.9 Å². The number of carbonyl (C=O) groups is 1. The molecule has 6 nitrogen and oxygen atoms in total. The van der Waals surface area contributed by atoms with Gasteiger partial charge >= 0.3 is 11.8 Å². The number of anilines is 1. The van der Waals surface area contributed by atoms with Gasteiger partial charge in [-0.25, -0.2) is 9.59 Å². The van der Waals surface area contributed by atoms with Gasteiger partial charge in [-0.1, -0.05) is 0 Å². The van der Waals surface area contributed by atoms with Crippen molar-refractivity contribution in [1.29, 1.82) is 0 Å². The summed E-state index contributed by atoms with van der Waals surface area (Å²) in [6, 6.07) is 3.31. The van der Waals surface area contributed by atoms with Gasteiger partial charge in [0.2, 0.25) is 0 Å². The summed E-state index contributed by atoms with van der Waals surface area (Å²) in [5.74, 6) is -0.521. The molecule has 0 saturated carbocycles. The van der Waals surface area contributed by atoms with Crippen LogP contribution < -0.4 is 11.1 Å². The van der Waals surface area contributed by atoms with Gasteiger partial charge in [-0.3, -0.25) is 10.3 Å². The number of hydrogen-bond acceptors (Lipinski definition) is 4. The Morgan fingerprint density at radius 2 is 2.05 bits per heavy atom. The molecule has 102 valence electrons. The molecule has 0 radical (unpaired) electrons. The second-order valence-corrected chi connectivity index (χ2v) is 5.31. The van der Waals surface area contributed by atoms with Crippen LogP contribution in [-0.2, 0) is 4.74 Å². The summed E-state index contributed by atoms with van der Waals surface area (Å²) < 4.78 is 10.1. The van der Waals surface area contributed by atoms with Crippen molar-refractivity contribution in [2.75, 3.05) is 5.32 Å². The van der Waals surface area contributed by atoms with Crippen LogP contribution in [0.4, 0.5) is 10.5 Å². The summed E-state index contributed by atoms with van der Waals surface area (Å²) in [4.78, 5) is 25.4. The number of aryl methyl sites for hydroxylation is 1. The number of carbonyl (C=O) groups excluding carboxylic acids is 1. The van der Waals surface area contributed by atoms with Crippen LogP contribution in [0.2, 0.25) is 0 Å². The highest BCUT2D eigenvalue weighted by molar-refractivity contribution is 5.89. The van der Waals surface area contributed by atoms with Crippen molar-refractivity contribution in [3.05, 3.63) is 28.2 Å². The van der Waals surface area contributed by atoms with Crippen LogP contribution in [0.3, 0.4) is 0 Å². The molecule has 1 amide bonds. The average Bonchev–Trinajstić information content (AvgIpc) is 2.55. The lowest BCUT2D eigenvalue weighted by molar-refractivity contribution is 0.0636. The van der Waals surface area contributed by atoms with E-state index < -0.39 is 17.5 Å². The summed E-state index contributed by atoms with van der Waals surface area (Å²) >= 11 is 0. The Balaban J connectivity index is 2.26. The summed E-state index contributed by atoms with van der Waals surface area (Å²) in [6.07, 6.45) is -0.552. The zero-order valence-corrected chi connectivity index (χ0v) is 11.3. The number of ether oxygens (including phenoxy) is 1. The number of nitrogens with one attached hydrogen (secondary N) is 2. The molecule has 19 heavy (non-hydrogen) atoms. The molecule has 0 spiro atoms. The van der Waals surface area contributed by atoms with E-state index in [4.69, 9.17) is 9.15 Å². The predicted molar refractivity (Wildman–Crippen MR) is 71.4 cm³/mol. The van der Waals surface area contributed by atoms with Crippen molar-refractivity contribution in [2.24, 2.45) is 0 Å². The van der Waals surface area contributed by atoms with E-state index in [0.717, 1.165) is 5.56 Å². The van der Waals surface area contributed by atoms with E-state index in [1.165, 1.54) is 0 Å². The quantitative estimate of drug-likeness (QED) is 0.829. The topological polar surface area (TPSA) is 84.3 Å². The molecule has 0 aliphatic rings. The minimum Gasteiger partial charge on any atom is -0.444 e. The summed E-state index contributed by atoms with van der Waals surface area (Å²) in [6.45, 7) is 7.17. The molecule has 2 N–H and O–H groups in total. The molecule has 0 aliphatic carbocycles. The zero-order valence-electron chi connectivity index (χ0n) is 11.3. The molecular formula is C13H16N2O4. The van der Waals surface area contributed by atoms with Gasteiger partial charge in [0.25, 0.3) is 0 Å². The highest BCUT2D eigenvalue weighted by atomic mass is 16.6. The Morgan fingerprint density at radius 3 is 2.68 bits per heavy atom. The number of hydrogen-bond donors (Lipinski definition) is 2. The number of rotatable bonds is 1. The molecule has 2 rings (SSSR count). The predicted octanol–water partition coefficient (Wildman–Crippen LogP) is 2.78. The average molecular weight is 264 g/mol. The second kappa shape index (κ2) is 4.46. The first-order valence-corrected chi connectivity index (χ1v) is 5.88. The van der Waals surface area contributed by atoms with E-state index in [9.17, 15) is 9.59 Å². The van der Waals surface area contributed by atoms with Crippen LogP contribution in [-0.4, -0.2) is 16.7 Å². The molecule has 0 bridgehead atoms. The lowest BCUT2D eigenvalue weighted by Crippen LogP contribution is -2.27. The number of aromatic amines is 1. The van der Waals surface area contributed by atoms with E-state index >= 15 is 0 Å². The third-order valence-electron chi connectivity index (χ3n) is 2.37. The van der Waals surface area contributed by atoms with Crippen molar-refractivity contribution < 1.29 is 13.9 Å². The number of amides is 1. The molecule has 1 aromatic heterocycles. The minimum absolute atomic E-state index is 0.399. The van der Waals surface area contributed by atoms with Crippen LogP contribution in [0.1, 0.15) is 26.3 Å². The molecule has 0 fully saturated rings. The van der Waals surface area contributed by atoms with Crippen LogP contribution >= 0.6 is 0 Å². The van der Waals surface area contributed by atoms with Crippen LogP contribution in [0.15, 0.2) is 21.3 Å². The fourth-order valence-electron chi connectivity index (χ4n) is 1.72. The van der Waals surface area contributed by atoms with Crippen LogP contribution in [0.5, 0.6) is 0 Å². The molecular weight excluding hydrogens is 248 g/mol. The fourth-order valence-corrected chi connectivity index (χ4v) is 1.72. The van der Waals surface area contributed by atoms with Crippen LogP contribution in [0, 0.1) is 6.92 Å². The summed E-state index contributed by atoms with van der Waals surface area (Å²) in [5, 5.41) is 2.60. The van der Waals surface area contributed by atoms with E-state index in [1.807, 2.05) is 6.92 Å². The largest absolute Gasteiger partial charge is 0.444 e. The summed E-state index contributed by atoms with van der Waals surface area (Å²) in [7, 11) is 0. The molecule has 0 unspecified atom stereocenters. The first kappa shape index (κ1) is 13.2. The number of fused-ring (bicyclic) bond motifs is 1. The molecule has 1 aromatic carbocycles. The molecule has 2 aromatic rings. The number of H-pyrrole nitrogens is 1. The number of aromatic nitrogens is 1. The third kappa shape index (κ3) is 3.15. The first-order chi connectivity index (χ1) is 8.74. The monoisotopic (exact) mass is 264 g/mol.